The van der Waals surface area contributed by atoms with Gasteiger partial charge in [-0.2, -0.15) is 0 Å². The molecule has 11 rings (SSSR count). The summed E-state index contributed by atoms with van der Waals surface area (Å²) in [6, 6.07) is 65.6. The predicted molar refractivity (Wildman–Crippen MR) is 221 cm³/mol. The van der Waals surface area contributed by atoms with E-state index in [1.54, 1.807) is 0 Å². The van der Waals surface area contributed by atoms with Crippen LogP contribution in [0.1, 0.15) is 0 Å². The van der Waals surface area contributed by atoms with Gasteiger partial charge in [-0.05, 0) is 65.5 Å². The van der Waals surface area contributed by atoms with Gasteiger partial charge in [0, 0.05) is 49.3 Å². The Morgan fingerprint density at radius 2 is 0.830 bits per heavy atom. The molecule has 0 bridgehead atoms. The molecule has 248 valence electrons. The molecule has 3 aromatic heterocycles. The van der Waals surface area contributed by atoms with E-state index in [4.69, 9.17) is 0 Å². The number of hydrogen-bond donors (Lipinski definition) is 0. The lowest BCUT2D eigenvalue weighted by atomic mass is 10.0. The fourth-order valence-corrected chi connectivity index (χ4v) is 8.58. The first kappa shape index (κ1) is 29.5. The summed E-state index contributed by atoms with van der Waals surface area (Å²) in [5.41, 5.74) is 10.4. The van der Waals surface area contributed by atoms with Crippen LogP contribution in [0.5, 0.6) is 0 Å². The second-order valence-electron chi connectivity index (χ2n) is 13.7. The van der Waals surface area contributed by atoms with E-state index in [9.17, 15) is 0 Å². The molecule has 0 radical (unpaired) electrons. The van der Waals surface area contributed by atoms with E-state index in [0.717, 1.165) is 88.1 Å². The number of hydrogen-bond acceptors (Lipinski definition) is 1. The second kappa shape index (κ2) is 11.4. The number of benzene rings is 8. The summed E-state index contributed by atoms with van der Waals surface area (Å²) < 4.78 is 6.64. The van der Waals surface area contributed by atoms with Crippen molar-refractivity contribution in [2.75, 3.05) is 0 Å². The zero-order valence-electron chi connectivity index (χ0n) is 28.6. The van der Waals surface area contributed by atoms with Crippen LogP contribution in [0.4, 0.5) is 0 Å². The molecule has 0 amide bonds. The topological polar surface area (TPSA) is 31.9 Å². The van der Waals surface area contributed by atoms with Crippen LogP contribution in [0.2, 0.25) is 0 Å². The lowest BCUT2D eigenvalue weighted by Gasteiger charge is -2.18. The van der Waals surface area contributed by atoms with Crippen molar-refractivity contribution >= 4 is 65.3 Å². The maximum absolute atomic E-state index is 15.3. The van der Waals surface area contributed by atoms with E-state index in [1.807, 2.05) is 41.0 Å². The third-order valence-corrected chi connectivity index (χ3v) is 10.8. The van der Waals surface area contributed by atoms with E-state index >= 15 is 4.79 Å². The van der Waals surface area contributed by atoms with E-state index in [2.05, 4.69) is 161 Å². The molecule has 4 heteroatoms. The van der Waals surface area contributed by atoms with Gasteiger partial charge < -0.3 is 9.13 Å². The van der Waals surface area contributed by atoms with Crippen molar-refractivity contribution in [3.63, 3.8) is 0 Å². The molecular weight excluding hydrogens is 647 g/mol. The Balaban J connectivity index is 1.36. The van der Waals surface area contributed by atoms with Gasteiger partial charge in [-0.25, -0.2) is 0 Å². The van der Waals surface area contributed by atoms with Crippen LogP contribution in [-0.4, -0.2) is 13.7 Å². The first-order valence-corrected chi connectivity index (χ1v) is 18.0. The molecule has 0 aliphatic carbocycles. The first-order chi connectivity index (χ1) is 26.3. The molecule has 0 aliphatic heterocycles. The fraction of sp³-hybridized carbons (Fsp3) is 0. The Kier molecular flexibility index (Phi) is 6.37. The molecule has 0 N–H and O–H groups in total. The van der Waals surface area contributed by atoms with Gasteiger partial charge in [-0.15, -0.1) is 0 Å². The molecule has 0 unspecified atom stereocenters. The predicted octanol–water partition coefficient (Wildman–Crippen LogP) is 12.0. The number of aromatic nitrogens is 3. The van der Waals surface area contributed by atoms with Gasteiger partial charge in [0.25, 0.3) is 5.56 Å². The Labute approximate surface area is 304 Å². The van der Waals surface area contributed by atoms with Gasteiger partial charge in [-0.3, -0.25) is 9.36 Å². The number of para-hydroxylation sites is 5. The van der Waals surface area contributed by atoms with E-state index < -0.39 is 0 Å². The zero-order chi connectivity index (χ0) is 35.0. The van der Waals surface area contributed by atoms with Gasteiger partial charge in [0.05, 0.1) is 33.3 Å². The first-order valence-electron chi connectivity index (χ1n) is 18.0. The smallest absolute Gasteiger partial charge is 0.263 e. The highest BCUT2D eigenvalue weighted by molar-refractivity contribution is 6.24. The summed E-state index contributed by atoms with van der Waals surface area (Å²) in [6.45, 7) is 0. The third-order valence-electron chi connectivity index (χ3n) is 10.8. The molecule has 0 fully saturated rings. The van der Waals surface area contributed by atoms with Crippen LogP contribution < -0.4 is 5.56 Å². The van der Waals surface area contributed by atoms with Gasteiger partial charge in [0.15, 0.2) is 0 Å². The molecule has 53 heavy (non-hydrogen) atoms. The van der Waals surface area contributed by atoms with Crippen molar-refractivity contribution < 1.29 is 0 Å². The highest BCUT2D eigenvalue weighted by atomic mass is 16.1. The summed E-state index contributed by atoms with van der Waals surface area (Å²) in [7, 11) is 0. The number of rotatable bonds is 4. The summed E-state index contributed by atoms with van der Waals surface area (Å²) in [5, 5.41) is 7.04. The van der Waals surface area contributed by atoms with Gasteiger partial charge in [-0.1, -0.05) is 133 Å². The normalized spacial score (nSPS) is 11.8. The largest absolute Gasteiger partial charge is 0.309 e. The Bertz CT molecular complexity index is 3280. The average molecular weight is 678 g/mol. The third kappa shape index (κ3) is 4.27. The molecular formula is C49H31N3O. The average Bonchev–Trinajstić information content (AvgIpc) is 3.74. The van der Waals surface area contributed by atoms with E-state index in [1.165, 1.54) is 0 Å². The molecule has 0 spiro atoms. The van der Waals surface area contributed by atoms with E-state index in [-0.39, 0.29) is 5.56 Å². The van der Waals surface area contributed by atoms with Crippen molar-refractivity contribution in [3.05, 3.63) is 198 Å². The van der Waals surface area contributed by atoms with Crippen LogP contribution in [0.25, 0.3) is 93.5 Å². The van der Waals surface area contributed by atoms with Crippen LogP contribution in [0.15, 0.2) is 193 Å². The standard InChI is InChI=1S/C49H31N3O/c53-49-42-30-41-37-24-12-15-27-45(37)52(43-25-13-10-22-35(43)32-16-4-1-5-17-32)46(41)31-40(42)39-29-28-38-36-23-11-14-26-44(36)50(33-18-6-2-7-19-33)47(38)48(39)51(49)34-20-8-3-9-21-34/h1-31H. The number of pyridine rings is 1. The van der Waals surface area contributed by atoms with E-state index in [0.29, 0.717) is 5.39 Å². The summed E-state index contributed by atoms with van der Waals surface area (Å²) in [5.74, 6) is 0. The van der Waals surface area contributed by atoms with Crippen molar-refractivity contribution in [2.45, 2.75) is 0 Å². The van der Waals surface area contributed by atoms with Gasteiger partial charge in [0.1, 0.15) is 0 Å². The minimum Gasteiger partial charge on any atom is -0.309 e. The SMILES string of the molecule is O=c1c2cc3c4ccccc4n(-c4ccccc4-c4ccccc4)c3cc2c2ccc3c4ccccc4n(-c4ccccc4)c3c2n1-c1ccccc1. The Morgan fingerprint density at radius 3 is 1.53 bits per heavy atom. The molecule has 8 aromatic carbocycles. The Morgan fingerprint density at radius 1 is 0.321 bits per heavy atom. The van der Waals surface area contributed by atoms with Crippen molar-refractivity contribution in [1.29, 1.82) is 0 Å². The van der Waals surface area contributed by atoms with Crippen molar-refractivity contribution in [1.82, 2.24) is 13.7 Å². The summed E-state index contributed by atoms with van der Waals surface area (Å²) >= 11 is 0. The fourth-order valence-electron chi connectivity index (χ4n) is 8.58. The number of fused-ring (bicyclic) bond motifs is 10. The van der Waals surface area contributed by atoms with Crippen molar-refractivity contribution in [3.8, 4) is 28.2 Å². The lowest BCUT2D eigenvalue weighted by Crippen LogP contribution is -2.20. The van der Waals surface area contributed by atoms with Crippen molar-refractivity contribution in [2.24, 2.45) is 0 Å². The molecule has 4 nitrogen and oxygen atoms in total. The quantitative estimate of drug-likeness (QED) is 0.171. The van der Waals surface area contributed by atoms with Gasteiger partial charge >= 0.3 is 0 Å². The minimum atomic E-state index is -0.0421. The molecule has 0 saturated carbocycles. The Hall–Kier alpha value is -7.17. The zero-order valence-corrected chi connectivity index (χ0v) is 28.6. The van der Waals surface area contributed by atoms with Crippen LogP contribution in [0, 0.1) is 0 Å². The van der Waals surface area contributed by atoms with Gasteiger partial charge in [0.2, 0.25) is 0 Å². The maximum Gasteiger partial charge on any atom is 0.263 e. The monoisotopic (exact) mass is 677 g/mol. The lowest BCUT2D eigenvalue weighted by molar-refractivity contribution is 1.06. The molecule has 0 atom stereocenters. The maximum atomic E-state index is 15.3. The second-order valence-corrected chi connectivity index (χ2v) is 13.7. The minimum absolute atomic E-state index is 0.0421. The highest BCUT2D eigenvalue weighted by Crippen LogP contribution is 2.42. The van der Waals surface area contributed by atoms with Crippen LogP contribution in [0.3, 0.4) is 0 Å². The summed E-state index contributed by atoms with van der Waals surface area (Å²) in [6.07, 6.45) is 0. The highest BCUT2D eigenvalue weighted by Gasteiger charge is 2.23. The summed E-state index contributed by atoms with van der Waals surface area (Å²) in [4.78, 5) is 15.3. The molecule has 3 heterocycles. The van der Waals surface area contributed by atoms with Crippen LogP contribution in [-0.2, 0) is 0 Å². The van der Waals surface area contributed by atoms with Crippen LogP contribution >= 0.6 is 0 Å². The number of nitrogens with zero attached hydrogens (tertiary/aromatic N) is 3. The molecule has 0 aliphatic rings. The molecule has 0 saturated heterocycles. The molecule has 11 aromatic rings.